The van der Waals surface area contributed by atoms with Crippen molar-refractivity contribution in [1.82, 2.24) is 25.0 Å². The molecule has 1 N–H and O–H groups in total. The lowest BCUT2D eigenvalue weighted by Crippen LogP contribution is -2.30. The number of rotatable bonds is 6. The van der Waals surface area contributed by atoms with Gasteiger partial charge in [-0.2, -0.15) is 5.10 Å². The second-order valence-corrected chi connectivity index (χ2v) is 6.77. The molecule has 2 aromatic rings. The number of hydrogen-bond donors (Lipinski definition) is 1. The van der Waals surface area contributed by atoms with Crippen LogP contribution in [0.15, 0.2) is 17.8 Å². The molecule has 0 amide bonds. The summed E-state index contributed by atoms with van der Waals surface area (Å²) in [4.78, 5) is 8.29. The molecule has 0 aliphatic carbocycles. The van der Waals surface area contributed by atoms with Gasteiger partial charge < -0.3 is 5.32 Å². The number of nitrogens with one attached hydrogen (secondary N) is 1. The monoisotopic (exact) mass is 305 g/mol. The third-order valence-electron chi connectivity index (χ3n) is 4.20. The lowest BCUT2D eigenvalue weighted by Gasteiger charge is -2.25. The fourth-order valence-electron chi connectivity index (χ4n) is 2.89. The van der Waals surface area contributed by atoms with Gasteiger partial charge in [-0.15, -0.1) is 11.3 Å². The van der Waals surface area contributed by atoms with Gasteiger partial charge in [0.2, 0.25) is 0 Å². The van der Waals surface area contributed by atoms with Gasteiger partial charge in [0, 0.05) is 37.8 Å². The highest BCUT2D eigenvalue weighted by Gasteiger charge is 2.20. The molecule has 0 unspecified atom stereocenters. The molecule has 3 rings (SSSR count). The summed E-state index contributed by atoms with van der Waals surface area (Å²) in [6.07, 6.45) is 3.16. The van der Waals surface area contributed by atoms with Crippen LogP contribution in [0, 0.1) is 12.8 Å². The average molecular weight is 305 g/mol. The molecule has 1 aliphatic rings. The van der Waals surface area contributed by atoms with E-state index < -0.39 is 0 Å². The predicted molar refractivity (Wildman–Crippen MR) is 85.1 cm³/mol. The van der Waals surface area contributed by atoms with Crippen LogP contribution in [0.4, 0.5) is 0 Å². The Morgan fingerprint density at radius 3 is 3.00 bits per heavy atom. The predicted octanol–water partition coefficient (Wildman–Crippen LogP) is 1.80. The molecule has 0 bridgehead atoms. The molecule has 21 heavy (non-hydrogen) atoms. The standard InChI is InChI=1S/C15H23N5S/c1-12-15(21-11-17-12)10-20(8-13-3-5-16-7-13)9-14-4-6-18-19(14)2/h4,6,11,13,16H,3,5,7-10H2,1-2H3/t13-/m0/s1. The van der Waals surface area contributed by atoms with Crippen molar-refractivity contribution in [2.75, 3.05) is 19.6 Å². The van der Waals surface area contributed by atoms with Crippen LogP contribution in [-0.4, -0.2) is 39.3 Å². The second-order valence-electron chi connectivity index (χ2n) is 5.84. The Hall–Kier alpha value is -1.24. The molecule has 114 valence electrons. The smallest absolute Gasteiger partial charge is 0.0798 e. The van der Waals surface area contributed by atoms with Gasteiger partial charge in [-0.1, -0.05) is 0 Å². The maximum atomic E-state index is 4.38. The lowest BCUT2D eigenvalue weighted by molar-refractivity contribution is 0.217. The normalized spacial score (nSPS) is 18.7. The molecule has 5 nitrogen and oxygen atoms in total. The van der Waals surface area contributed by atoms with E-state index in [4.69, 9.17) is 0 Å². The summed E-state index contributed by atoms with van der Waals surface area (Å²) in [5.74, 6) is 0.756. The fourth-order valence-corrected chi connectivity index (χ4v) is 3.71. The highest BCUT2D eigenvalue weighted by molar-refractivity contribution is 7.09. The van der Waals surface area contributed by atoms with Gasteiger partial charge >= 0.3 is 0 Å². The Bertz CT molecular complexity index is 528. The van der Waals surface area contributed by atoms with Crippen molar-refractivity contribution in [3.05, 3.63) is 34.0 Å². The number of aromatic nitrogens is 3. The van der Waals surface area contributed by atoms with Crippen molar-refractivity contribution in [2.45, 2.75) is 26.4 Å². The van der Waals surface area contributed by atoms with Crippen LogP contribution in [0.25, 0.3) is 0 Å². The second kappa shape index (κ2) is 6.68. The molecule has 0 aromatic carbocycles. The topological polar surface area (TPSA) is 46.0 Å². The van der Waals surface area contributed by atoms with E-state index in [0.717, 1.165) is 38.6 Å². The summed E-state index contributed by atoms with van der Waals surface area (Å²) < 4.78 is 1.97. The first-order valence-electron chi connectivity index (χ1n) is 7.51. The van der Waals surface area contributed by atoms with Gasteiger partial charge in [-0.3, -0.25) is 9.58 Å². The first-order chi connectivity index (χ1) is 10.2. The van der Waals surface area contributed by atoms with Crippen molar-refractivity contribution >= 4 is 11.3 Å². The molecule has 1 aliphatic heterocycles. The van der Waals surface area contributed by atoms with Crippen LogP contribution < -0.4 is 5.32 Å². The van der Waals surface area contributed by atoms with Crippen LogP contribution in [0.1, 0.15) is 22.7 Å². The zero-order valence-electron chi connectivity index (χ0n) is 12.7. The highest BCUT2D eigenvalue weighted by Crippen LogP contribution is 2.19. The van der Waals surface area contributed by atoms with E-state index in [1.165, 1.54) is 22.7 Å². The Kier molecular flexibility index (Phi) is 4.67. The number of aryl methyl sites for hydroxylation is 2. The highest BCUT2D eigenvalue weighted by atomic mass is 32.1. The van der Waals surface area contributed by atoms with E-state index in [1.54, 1.807) is 11.3 Å². The molecule has 0 saturated carbocycles. The molecule has 0 spiro atoms. The fraction of sp³-hybridized carbons (Fsp3) is 0.600. The maximum absolute atomic E-state index is 4.38. The van der Waals surface area contributed by atoms with Crippen LogP contribution >= 0.6 is 11.3 Å². The average Bonchev–Trinajstić information content (AvgIpc) is 3.17. The van der Waals surface area contributed by atoms with E-state index >= 15 is 0 Å². The van der Waals surface area contributed by atoms with E-state index in [2.05, 4.69) is 33.3 Å². The zero-order chi connectivity index (χ0) is 14.7. The van der Waals surface area contributed by atoms with Gasteiger partial charge in [0.15, 0.2) is 0 Å². The molecule has 1 fully saturated rings. The quantitative estimate of drug-likeness (QED) is 0.884. The largest absolute Gasteiger partial charge is 0.316 e. The molecule has 0 radical (unpaired) electrons. The Balaban J connectivity index is 1.70. The summed E-state index contributed by atoms with van der Waals surface area (Å²) in [6, 6.07) is 2.11. The van der Waals surface area contributed by atoms with Crippen LogP contribution in [-0.2, 0) is 20.1 Å². The van der Waals surface area contributed by atoms with Crippen LogP contribution in [0.2, 0.25) is 0 Å². The van der Waals surface area contributed by atoms with Crippen molar-refractivity contribution in [3.63, 3.8) is 0 Å². The third-order valence-corrected chi connectivity index (χ3v) is 5.12. The summed E-state index contributed by atoms with van der Waals surface area (Å²) in [7, 11) is 2.02. The molecule has 2 aromatic heterocycles. The van der Waals surface area contributed by atoms with Gasteiger partial charge in [0.25, 0.3) is 0 Å². The first kappa shape index (κ1) is 14.7. The first-order valence-corrected chi connectivity index (χ1v) is 8.39. The summed E-state index contributed by atoms with van der Waals surface area (Å²) in [6.45, 7) is 7.47. The third kappa shape index (κ3) is 3.70. The van der Waals surface area contributed by atoms with Crippen molar-refractivity contribution < 1.29 is 0 Å². The SMILES string of the molecule is Cc1ncsc1CN(Cc1ccnn1C)C[C@H]1CCNC1. The Labute approximate surface area is 130 Å². The van der Waals surface area contributed by atoms with E-state index in [9.17, 15) is 0 Å². The molecular weight excluding hydrogens is 282 g/mol. The lowest BCUT2D eigenvalue weighted by atomic mass is 10.1. The Morgan fingerprint density at radius 2 is 2.38 bits per heavy atom. The van der Waals surface area contributed by atoms with Gasteiger partial charge in [-0.25, -0.2) is 4.98 Å². The molecule has 1 atom stereocenters. The van der Waals surface area contributed by atoms with Crippen LogP contribution in [0.3, 0.4) is 0 Å². The number of nitrogens with zero attached hydrogens (tertiary/aromatic N) is 4. The van der Waals surface area contributed by atoms with E-state index in [1.807, 2.05) is 23.4 Å². The minimum absolute atomic E-state index is 0.756. The minimum atomic E-state index is 0.756. The molecule has 6 heteroatoms. The van der Waals surface area contributed by atoms with Crippen molar-refractivity contribution in [3.8, 4) is 0 Å². The Morgan fingerprint density at radius 1 is 1.48 bits per heavy atom. The number of thiazole rings is 1. The van der Waals surface area contributed by atoms with Gasteiger partial charge in [0.1, 0.15) is 0 Å². The molecule has 1 saturated heterocycles. The zero-order valence-corrected chi connectivity index (χ0v) is 13.6. The minimum Gasteiger partial charge on any atom is -0.316 e. The summed E-state index contributed by atoms with van der Waals surface area (Å²) in [5.41, 5.74) is 4.38. The number of hydrogen-bond acceptors (Lipinski definition) is 5. The van der Waals surface area contributed by atoms with Crippen LogP contribution in [0.5, 0.6) is 0 Å². The van der Waals surface area contributed by atoms with Gasteiger partial charge in [0.05, 0.1) is 16.9 Å². The summed E-state index contributed by atoms with van der Waals surface area (Å²) in [5, 5.41) is 7.75. The maximum Gasteiger partial charge on any atom is 0.0798 e. The van der Waals surface area contributed by atoms with Crippen molar-refractivity contribution in [1.29, 1.82) is 0 Å². The van der Waals surface area contributed by atoms with Crippen molar-refractivity contribution in [2.24, 2.45) is 13.0 Å². The van der Waals surface area contributed by atoms with E-state index in [-0.39, 0.29) is 0 Å². The molecule has 3 heterocycles. The van der Waals surface area contributed by atoms with E-state index in [0.29, 0.717) is 0 Å². The summed E-state index contributed by atoms with van der Waals surface area (Å²) >= 11 is 1.76. The molecular formula is C15H23N5S. The van der Waals surface area contributed by atoms with Gasteiger partial charge in [-0.05, 0) is 38.4 Å².